The van der Waals surface area contributed by atoms with Gasteiger partial charge in [0.2, 0.25) is 0 Å². The van der Waals surface area contributed by atoms with Gasteiger partial charge in [0.1, 0.15) is 5.58 Å². The molecule has 15 heavy (non-hydrogen) atoms. The monoisotopic (exact) mass is 204 g/mol. The number of para-hydroxylation sites is 1. The molecule has 0 aliphatic rings. The van der Waals surface area contributed by atoms with Gasteiger partial charge in [-0.1, -0.05) is 12.1 Å². The fraction of sp³-hybridized carbons (Fsp3) is 0.250. The van der Waals surface area contributed by atoms with E-state index < -0.39 is 0 Å². The zero-order valence-corrected chi connectivity index (χ0v) is 8.53. The van der Waals surface area contributed by atoms with E-state index in [-0.39, 0.29) is 5.43 Å². The van der Waals surface area contributed by atoms with E-state index in [1.165, 1.54) is 12.3 Å². The summed E-state index contributed by atoms with van der Waals surface area (Å²) in [6, 6.07) is 6.93. The Hall–Kier alpha value is -1.61. The van der Waals surface area contributed by atoms with E-state index >= 15 is 0 Å². The minimum absolute atomic E-state index is 0.0189. The molecule has 0 N–H and O–H groups in total. The highest BCUT2D eigenvalue weighted by Gasteiger charge is 2.04. The maximum Gasteiger partial charge on any atom is 0.192 e. The van der Waals surface area contributed by atoms with Crippen LogP contribution in [0.1, 0.15) is 12.5 Å². The number of rotatable bonds is 3. The van der Waals surface area contributed by atoms with Gasteiger partial charge in [-0.2, -0.15) is 0 Å². The van der Waals surface area contributed by atoms with Gasteiger partial charge < -0.3 is 9.15 Å². The third-order valence-corrected chi connectivity index (χ3v) is 2.23. The smallest absolute Gasteiger partial charge is 0.192 e. The van der Waals surface area contributed by atoms with Crippen molar-refractivity contribution < 1.29 is 9.15 Å². The summed E-state index contributed by atoms with van der Waals surface area (Å²) in [5.74, 6) is 0. The number of hydrogen-bond donors (Lipinski definition) is 0. The lowest BCUT2D eigenvalue weighted by atomic mass is 10.1. The Morgan fingerprint density at radius 1 is 1.33 bits per heavy atom. The molecule has 0 saturated heterocycles. The lowest BCUT2D eigenvalue weighted by Crippen LogP contribution is -2.00. The highest BCUT2D eigenvalue weighted by molar-refractivity contribution is 5.79. The van der Waals surface area contributed by atoms with Gasteiger partial charge in [0.25, 0.3) is 0 Å². The number of ether oxygens (including phenoxy) is 1. The van der Waals surface area contributed by atoms with Crippen molar-refractivity contribution in [3.05, 3.63) is 46.3 Å². The van der Waals surface area contributed by atoms with Crippen molar-refractivity contribution in [3.63, 3.8) is 0 Å². The molecule has 2 aromatic rings. The normalized spacial score (nSPS) is 10.7. The molecule has 0 bridgehead atoms. The molecule has 0 saturated carbocycles. The van der Waals surface area contributed by atoms with E-state index in [9.17, 15) is 4.79 Å². The van der Waals surface area contributed by atoms with Gasteiger partial charge in [0.05, 0.1) is 18.3 Å². The van der Waals surface area contributed by atoms with Crippen LogP contribution in [0.25, 0.3) is 11.0 Å². The van der Waals surface area contributed by atoms with E-state index in [2.05, 4.69) is 0 Å². The molecule has 3 heteroatoms. The van der Waals surface area contributed by atoms with Crippen LogP contribution < -0.4 is 5.43 Å². The van der Waals surface area contributed by atoms with Gasteiger partial charge in [-0.05, 0) is 13.0 Å². The van der Waals surface area contributed by atoms with E-state index in [0.29, 0.717) is 24.2 Å². The molecular weight excluding hydrogens is 192 g/mol. The van der Waals surface area contributed by atoms with Crippen molar-refractivity contribution in [2.75, 3.05) is 6.61 Å². The minimum Gasteiger partial charge on any atom is -0.464 e. The topological polar surface area (TPSA) is 39.4 Å². The molecule has 1 aromatic carbocycles. The van der Waals surface area contributed by atoms with Crippen LogP contribution in [0, 0.1) is 0 Å². The zero-order chi connectivity index (χ0) is 10.7. The molecule has 0 aliphatic carbocycles. The van der Waals surface area contributed by atoms with E-state index in [1.54, 1.807) is 6.07 Å². The third-order valence-electron chi connectivity index (χ3n) is 2.23. The third kappa shape index (κ3) is 1.92. The first-order valence-corrected chi connectivity index (χ1v) is 4.90. The summed E-state index contributed by atoms with van der Waals surface area (Å²) >= 11 is 0. The number of hydrogen-bond acceptors (Lipinski definition) is 3. The maximum absolute atomic E-state index is 11.5. The second kappa shape index (κ2) is 4.28. The first kappa shape index (κ1) is 9.93. The Kier molecular flexibility index (Phi) is 2.83. The van der Waals surface area contributed by atoms with Gasteiger partial charge in [-0.3, -0.25) is 4.79 Å². The highest BCUT2D eigenvalue weighted by atomic mass is 16.5. The van der Waals surface area contributed by atoms with Gasteiger partial charge in [-0.25, -0.2) is 0 Å². The molecule has 0 unspecified atom stereocenters. The summed E-state index contributed by atoms with van der Waals surface area (Å²) in [5.41, 5.74) is 1.51. The summed E-state index contributed by atoms with van der Waals surface area (Å²) in [4.78, 5) is 11.5. The average molecular weight is 204 g/mol. The maximum atomic E-state index is 11.5. The van der Waals surface area contributed by atoms with Gasteiger partial charge in [0, 0.05) is 18.2 Å². The summed E-state index contributed by atoms with van der Waals surface area (Å²) in [6.45, 7) is 3.05. The van der Waals surface area contributed by atoms with Crippen LogP contribution in [-0.2, 0) is 11.3 Å². The number of fused-ring (bicyclic) bond motifs is 1. The summed E-state index contributed by atoms with van der Waals surface area (Å²) in [6.07, 6.45) is 1.42. The number of benzene rings is 1. The standard InChI is InChI=1S/C12H12O3/c1-2-14-8-9-4-3-5-10-11(13)6-7-15-12(9)10/h3-7H,2,8H2,1H3. The Morgan fingerprint density at radius 2 is 2.20 bits per heavy atom. The second-order valence-electron chi connectivity index (χ2n) is 3.22. The van der Waals surface area contributed by atoms with Gasteiger partial charge in [0.15, 0.2) is 5.43 Å². The quantitative estimate of drug-likeness (QED) is 0.770. The molecule has 0 aliphatic heterocycles. The van der Waals surface area contributed by atoms with Crippen LogP contribution in [0.5, 0.6) is 0 Å². The van der Waals surface area contributed by atoms with Crippen LogP contribution in [0.2, 0.25) is 0 Å². The molecule has 0 radical (unpaired) electrons. The van der Waals surface area contributed by atoms with Crippen LogP contribution in [0.15, 0.2) is 39.7 Å². The Labute approximate surface area is 87.3 Å². The largest absolute Gasteiger partial charge is 0.464 e. The summed E-state index contributed by atoms with van der Waals surface area (Å²) in [5, 5.41) is 0.606. The van der Waals surface area contributed by atoms with Gasteiger partial charge >= 0.3 is 0 Å². The SMILES string of the molecule is CCOCc1cccc2c(=O)ccoc12. The van der Waals surface area contributed by atoms with E-state index in [1.807, 2.05) is 19.1 Å². The average Bonchev–Trinajstić information content (AvgIpc) is 2.27. The van der Waals surface area contributed by atoms with Gasteiger partial charge in [-0.15, -0.1) is 0 Å². The van der Waals surface area contributed by atoms with E-state index in [0.717, 1.165) is 5.56 Å². The minimum atomic E-state index is -0.0189. The van der Waals surface area contributed by atoms with Crippen molar-refractivity contribution in [3.8, 4) is 0 Å². The molecular formula is C12H12O3. The molecule has 2 rings (SSSR count). The highest BCUT2D eigenvalue weighted by Crippen LogP contribution is 2.16. The first-order valence-electron chi connectivity index (χ1n) is 4.90. The first-order chi connectivity index (χ1) is 7.33. The Balaban J connectivity index is 2.56. The second-order valence-corrected chi connectivity index (χ2v) is 3.22. The van der Waals surface area contributed by atoms with Crippen molar-refractivity contribution in [1.82, 2.24) is 0 Å². The van der Waals surface area contributed by atoms with Crippen molar-refractivity contribution in [1.29, 1.82) is 0 Å². The Morgan fingerprint density at radius 3 is 3.00 bits per heavy atom. The molecule has 3 nitrogen and oxygen atoms in total. The molecule has 1 aromatic heterocycles. The summed E-state index contributed by atoms with van der Waals surface area (Å²) in [7, 11) is 0. The molecule has 0 amide bonds. The molecule has 0 fully saturated rings. The fourth-order valence-electron chi connectivity index (χ4n) is 1.50. The predicted octanol–water partition coefficient (Wildman–Crippen LogP) is 2.33. The molecule has 0 spiro atoms. The van der Waals surface area contributed by atoms with Crippen molar-refractivity contribution in [2.24, 2.45) is 0 Å². The lowest BCUT2D eigenvalue weighted by molar-refractivity contribution is 0.134. The van der Waals surface area contributed by atoms with Crippen LogP contribution in [-0.4, -0.2) is 6.61 Å². The predicted molar refractivity (Wildman–Crippen MR) is 57.8 cm³/mol. The zero-order valence-electron chi connectivity index (χ0n) is 8.53. The molecule has 78 valence electrons. The van der Waals surface area contributed by atoms with Crippen LogP contribution in [0.3, 0.4) is 0 Å². The lowest BCUT2D eigenvalue weighted by Gasteiger charge is -2.04. The van der Waals surface area contributed by atoms with Crippen molar-refractivity contribution >= 4 is 11.0 Å². The van der Waals surface area contributed by atoms with Crippen LogP contribution >= 0.6 is 0 Å². The Bertz CT molecular complexity index is 514. The van der Waals surface area contributed by atoms with Crippen LogP contribution in [0.4, 0.5) is 0 Å². The molecule has 1 heterocycles. The summed E-state index contributed by atoms with van der Waals surface area (Å²) < 4.78 is 10.6. The van der Waals surface area contributed by atoms with Crippen molar-refractivity contribution in [2.45, 2.75) is 13.5 Å². The molecule has 0 atom stereocenters. The fourth-order valence-corrected chi connectivity index (χ4v) is 1.50. The van der Waals surface area contributed by atoms with E-state index in [4.69, 9.17) is 9.15 Å².